The lowest BCUT2D eigenvalue weighted by atomic mass is 10.1. The van der Waals surface area contributed by atoms with Crippen molar-refractivity contribution in [1.82, 2.24) is 4.98 Å². The summed E-state index contributed by atoms with van der Waals surface area (Å²) in [6.45, 7) is 0. The first kappa shape index (κ1) is 12.1. The third kappa shape index (κ3) is 2.85. The maximum absolute atomic E-state index is 13.0. The maximum Gasteiger partial charge on any atom is 0.212 e. The van der Waals surface area contributed by atoms with Gasteiger partial charge in [-0.1, -0.05) is 12.1 Å². The number of nitrogens with two attached hydrogens (primary N) is 1. The van der Waals surface area contributed by atoms with E-state index in [2.05, 4.69) is 4.98 Å². The van der Waals surface area contributed by atoms with Crippen molar-refractivity contribution in [1.29, 1.82) is 0 Å². The summed E-state index contributed by atoms with van der Waals surface area (Å²) in [5, 5.41) is 0. The Bertz CT molecular complexity index is 564. The van der Waals surface area contributed by atoms with Crippen molar-refractivity contribution in [2.45, 2.75) is 0 Å². The minimum atomic E-state index is -0.288. The van der Waals surface area contributed by atoms with Gasteiger partial charge in [0.15, 0.2) is 0 Å². The van der Waals surface area contributed by atoms with Crippen molar-refractivity contribution >= 4 is 11.8 Å². The van der Waals surface area contributed by atoms with Gasteiger partial charge >= 0.3 is 0 Å². The Morgan fingerprint density at radius 2 is 2.17 bits per heavy atom. The zero-order valence-corrected chi connectivity index (χ0v) is 9.93. The van der Waals surface area contributed by atoms with Gasteiger partial charge in [-0.2, -0.15) is 0 Å². The second-order valence-corrected chi connectivity index (χ2v) is 3.74. The maximum atomic E-state index is 13.0. The molecule has 0 spiro atoms. The highest BCUT2D eigenvalue weighted by atomic mass is 19.1. The molecule has 0 atom stereocenters. The van der Waals surface area contributed by atoms with Crippen LogP contribution >= 0.6 is 0 Å². The summed E-state index contributed by atoms with van der Waals surface area (Å²) in [5.41, 5.74) is 7.93. The lowest BCUT2D eigenvalue weighted by Gasteiger charge is -2.03. The van der Waals surface area contributed by atoms with Gasteiger partial charge in [-0.3, -0.25) is 0 Å². The summed E-state index contributed by atoms with van der Waals surface area (Å²) in [6.07, 6.45) is 3.32. The lowest BCUT2D eigenvalue weighted by molar-refractivity contribution is 0.398. The Hall–Kier alpha value is -2.36. The van der Waals surface area contributed by atoms with Gasteiger partial charge in [0.2, 0.25) is 5.88 Å². The number of hydrogen-bond acceptors (Lipinski definition) is 3. The predicted octanol–water partition coefficient (Wildman–Crippen LogP) is 2.69. The average Bonchev–Trinajstić information content (AvgIpc) is 2.39. The molecule has 2 N–H and O–H groups in total. The average molecular weight is 244 g/mol. The van der Waals surface area contributed by atoms with Crippen molar-refractivity contribution in [3.8, 4) is 5.88 Å². The monoisotopic (exact) mass is 244 g/mol. The first-order chi connectivity index (χ1) is 8.69. The smallest absolute Gasteiger partial charge is 0.212 e. The standard InChI is InChI=1S/C14H13FN2O/c1-18-14-6-5-11(9-17-14)13(16)8-10-3-2-4-12(15)7-10/h2-9H,16H2,1H3/b13-8+. The predicted molar refractivity (Wildman–Crippen MR) is 69.2 cm³/mol. The minimum absolute atomic E-state index is 0.288. The topological polar surface area (TPSA) is 48.1 Å². The fourth-order valence-corrected chi connectivity index (χ4v) is 1.53. The third-order valence-electron chi connectivity index (χ3n) is 2.45. The van der Waals surface area contributed by atoms with Crippen LogP contribution in [0.5, 0.6) is 5.88 Å². The number of rotatable bonds is 3. The van der Waals surface area contributed by atoms with E-state index in [1.165, 1.54) is 12.1 Å². The van der Waals surface area contributed by atoms with Gasteiger partial charge in [0.05, 0.1) is 7.11 Å². The zero-order valence-electron chi connectivity index (χ0n) is 9.93. The van der Waals surface area contributed by atoms with E-state index in [9.17, 15) is 4.39 Å². The van der Waals surface area contributed by atoms with Gasteiger partial charge in [-0.15, -0.1) is 0 Å². The quantitative estimate of drug-likeness (QED) is 0.903. The van der Waals surface area contributed by atoms with Crippen molar-refractivity contribution in [3.05, 3.63) is 59.5 Å². The molecule has 2 rings (SSSR count). The summed E-state index contributed by atoms with van der Waals surface area (Å²) in [5.74, 6) is 0.238. The van der Waals surface area contributed by atoms with Gasteiger partial charge in [0.25, 0.3) is 0 Å². The SMILES string of the molecule is COc1ccc(/C(N)=C\c2cccc(F)c2)cn1. The van der Waals surface area contributed by atoms with Crippen molar-refractivity contribution < 1.29 is 9.13 Å². The lowest BCUT2D eigenvalue weighted by Crippen LogP contribution is -1.97. The van der Waals surface area contributed by atoms with Crippen LogP contribution in [-0.2, 0) is 0 Å². The van der Waals surface area contributed by atoms with E-state index < -0.39 is 0 Å². The fourth-order valence-electron chi connectivity index (χ4n) is 1.53. The van der Waals surface area contributed by atoms with Crippen LogP contribution in [0.3, 0.4) is 0 Å². The molecular formula is C14H13FN2O. The Balaban J connectivity index is 2.26. The molecule has 18 heavy (non-hydrogen) atoms. The van der Waals surface area contributed by atoms with E-state index in [4.69, 9.17) is 10.5 Å². The van der Waals surface area contributed by atoms with E-state index in [1.807, 2.05) is 0 Å². The molecule has 92 valence electrons. The summed E-state index contributed by atoms with van der Waals surface area (Å²) in [6, 6.07) is 9.76. The molecule has 0 aliphatic heterocycles. The molecule has 0 aliphatic carbocycles. The molecule has 0 saturated carbocycles. The molecule has 3 nitrogen and oxygen atoms in total. The minimum Gasteiger partial charge on any atom is -0.481 e. The number of methoxy groups -OCH3 is 1. The van der Waals surface area contributed by atoms with Gasteiger partial charge in [0.1, 0.15) is 5.82 Å². The molecule has 0 unspecified atom stereocenters. The molecule has 0 bridgehead atoms. The molecule has 1 aromatic heterocycles. The summed E-state index contributed by atoms with van der Waals surface area (Å²) >= 11 is 0. The Morgan fingerprint density at radius 1 is 1.33 bits per heavy atom. The van der Waals surface area contributed by atoms with Crippen LogP contribution in [0.25, 0.3) is 11.8 Å². The molecule has 0 aliphatic rings. The zero-order chi connectivity index (χ0) is 13.0. The summed E-state index contributed by atoms with van der Waals surface area (Å²) < 4.78 is 18.0. The van der Waals surface area contributed by atoms with E-state index in [1.54, 1.807) is 43.6 Å². The number of pyridine rings is 1. The molecular weight excluding hydrogens is 231 g/mol. The number of hydrogen-bond donors (Lipinski definition) is 1. The number of halogens is 1. The number of nitrogens with zero attached hydrogens (tertiary/aromatic N) is 1. The second-order valence-electron chi connectivity index (χ2n) is 3.74. The van der Waals surface area contributed by atoms with Crippen LogP contribution in [0, 0.1) is 5.82 Å². The van der Waals surface area contributed by atoms with Gasteiger partial charge in [0, 0.05) is 23.5 Å². The Morgan fingerprint density at radius 3 is 2.78 bits per heavy atom. The number of aromatic nitrogens is 1. The van der Waals surface area contributed by atoms with Crippen LogP contribution in [0.1, 0.15) is 11.1 Å². The molecule has 0 saturated heterocycles. The second kappa shape index (κ2) is 5.31. The van der Waals surface area contributed by atoms with E-state index in [-0.39, 0.29) is 5.82 Å². The van der Waals surface area contributed by atoms with Crippen LogP contribution < -0.4 is 10.5 Å². The number of ether oxygens (including phenoxy) is 1. The van der Waals surface area contributed by atoms with Crippen LogP contribution in [0.15, 0.2) is 42.6 Å². The molecule has 4 heteroatoms. The third-order valence-corrected chi connectivity index (χ3v) is 2.45. The molecule has 0 fully saturated rings. The highest BCUT2D eigenvalue weighted by Crippen LogP contribution is 2.15. The normalized spacial score (nSPS) is 11.3. The molecule has 0 amide bonds. The number of benzene rings is 1. The first-order valence-electron chi connectivity index (χ1n) is 5.42. The van der Waals surface area contributed by atoms with Crippen LogP contribution in [0.2, 0.25) is 0 Å². The van der Waals surface area contributed by atoms with Crippen LogP contribution in [0.4, 0.5) is 4.39 Å². The highest BCUT2D eigenvalue weighted by Gasteiger charge is 1.99. The summed E-state index contributed by atoms with van der Waals surface area (Å²) in [4.78, 5) is 4.06. The Kier molecular flexibility index (Phi) is 3.57. The molecule has 2 aromatic rings. The molecule has 0 radical (unpaired) electrons. The fraction of sp³-hybridized carbons (Fsp3) is 0.0714. The largest absolute Gasteiger partial charge is 0.481 e. The van der Waals surface area contributed by atoms with Crippen molar-refractivity contribution in [2.75, 3.05) is 7.11 Å². The van der Waals surface area contributed by atoms with E-state index in [0.717, 1.165) is 5.56 Å². The van der Waals surface area contributed by atoms with Crippen molar-refractivity contribution in [2.24, 2.45) is 5.73 Å². The molecule has 1 aromatic carbocycles. The molecule has 1 heterocycles. The van der Waals surface area contributed by atoms with E-state index >= 15 is 0 Å². The van der Waals surface area contributed by atoms with Gasteiger partial charge in [-0.05, 0) is 29.8 Å². The van der Waals surface area contributed by atoms with Crippen molar-refractivity contribution in [3.63, 3.8) is 0 Å². The van der Waals surface area contributed by atoms with E-state index in [0.29, 0.717) is 17.1 Å². The van der Waals surface area contributed by atoms with Gasteiger partial charge < -0.3 is 10.5 Å². The first-order valence-corrected chi connectivity index (χ1v) is 5.42. The highest BCUT2D eigenvalue weighted by molar-refractivity contribution is 5.79. The summed E-state index contributed by atoms with van der Waals surface area (Å²) in [7, 11) is 1.55. The van der Waals surface area contributed by atoms with Gasteiger partial charge in [-0.25, -0.2) is 9.37 Å². The van der Waals surface area contributed by atoms with Crippen LogP contribution in [-0.4, -0.2) is 12.1 Å². The Labute approximate surface area is 105 Å².